The quantitative estimate of drug-likeness (QED) is 0.524. The van der Waals surface area contributed by atoms with Gasteiger partial charge in [0.2, 0.25) is 5.91 Å². The Hall–Kier alpha value is -3.28. The summed E-state index contributed by atoms with van der Waals surface area (Å²) in [5.41, 5.74) is 4.78. The number of ether oxygens (including phenoxy) is 2. The molecule has 158 valence electrons. The number of H-pyrrole nitrogens is 1. The van der Waals surface area contributed by atoms with Crippen LogP contribution in [-0.2, 0) is 30.5 Å². The lowest BCUT2D eigenvalue weighted by molar-refractivity contribution is -0.115. The molecule has 0 spiro atoms. The lowest BCUT2D eigenvalue weighted by Crippen LogP contribution is -2.16. The number of rotatable bonds is 10. The minimum Gasteiger partial charge on any atom is -0.497 e. The Morgan fingerprint density at radius 3 is 2.43 bits per heavy atom. The number of aromatic nitrogens is 2. The number of benzene rings is 2. The van der Waals surface area contributed by atoms with Crippen LogP contribution in [0.3, 0.4) is 0 Å². The molecule has 0 aliphatic rings. The number of hydrogen-bond donors (Lipinski definition) is 2. The number of aromatic amines is 1. The summed E-state index contributed by atoms with van der Waals surface area (Å²) in [4.78, 5) is 12.7. The molecule has 30 heavy (non-hydrogen) atoms. The predicted octanol–water partition coefficient (Wildman–Crippen LogP) is 4.35. The van der Waals surface area contributed by atoms with Crippen molar-refractivity contribution < 1.29 is 14.3 Å². The van der Waals surface area contributed by atoms with Gasteiger partial charge >= 0.3 is 0 Å². The zero-order valence-corrected chi connectivity index (χ0v) is 17.8. The molecule has 1 aromatic heterocycles. The fraction of sp³-hybridized carbons (Fsp3) is 0.333. The Balaban J connectivity index is 1.70. The van der Waals surface area contributed by atoms with E-state index in [1.807, 2.05) is 36.4 Å². The highest BCUT2D eigenvalue weighted by Gasteiger charge is 2.16. The Bertz CT molecular complexity index is 964. The molecule has 0 bridgehead atoms. The molecular weight excluding hydrogens is 378 g/mol. The van der Waals surface area contributed by atoms with Crippen LogP contribution < -0.4 is 14.8 Å². The van der Waals surface area contributed by atoms with E-state index in [4.69, 9.17) is 9.47 Å². The molecule has 2 N–H and O–H groups in total. The van der Waals surface area contributed by atoms with Crippen LogP contribution in [0.1, 0.15) is 35.9 Å². The van der Waals surface area contributed by atoms with E-state index >= 15 is 0 Å². The molecule has 1 amide bonds. The van der Waals surface area contributed by atoms with Gasteiger partial charge in [0.25, 0.3) is 0 Å². The van der Waals surface area contributed by atoms with Gasteiger partial charge < -0.3 is 14.8 Å². The van der Waals surface area contributed by atoms with E-state index in [1.54, 1.807) is 14.2 Å². The number of methoxy groups -OCH3 is 2. The third-order valence-corrected chi connectivity index (χ3v) is 4.99. The van der Waals surface area contributed by atoms with Crippen LogP contribution in [0.2, 0.25) is 0 Å². The number of carbonyl (C=O) groups is 1. The summed E-state index contributed by atoms with van der Waals surface area (Å²) >= 11 is 0. The van der Waals surface area contributed by atoms with Gasteiger partial charge in [0.05, 0.1) is 37.7 Å². The van der Waals surface area contributed by atoms with Crippen molar-refractivity contribution in [3.63, 3.8) is 0 Å². The van der Waals surface area contributed by atoms with Crippen LogP contribution in [0.25, 0.3) is 0 Å². The Morgan fingerprint density at radius 2 is 1.73 bits per heavy atom. The summed E-state index contributed by atoms with van der Waals surface area (Å²) in [6.45, 7) is 2.11. The zero-order chi connectivity index (χ0) is 21.3. The summed E-state index contributed by atoms with van der Waals surface area (Å²) in [5, 5.41) is 10.7. The monoisotopic (exact) mass is 407 g/mol. The van der Waals surface area contributed by atoms with Crippen LogP contribution in [0.15, 0.2) is 48.5 Å². The Labute approximate surface area is 177 Å². The molecule has 0 unspecified atom stereocenters. The number of hydrogen-bond acceptors (Lipinski definition) is 4. The average Bonchev–Trinajstić information content (AvgIpc) is 3.14. The standard InChI is InChI=1S/C24H29N3O3/c1-4-6-21-24(25-23(28)16-18-7-5-8-20(15-18)30-3)22(27-26-21)14-11-17-9-12-19(29-2)13-10-17/h5,7-10,12-13,15H,4,6,11,14,16H2,1-3H3,(H,25,28)(H,26,27). The van der Waals surface area contributed by atoms with E-state index in [2.05, 4.69) is 34.6 Å². The first-order chi connectivity index (χ1) is 14.6. The summed E-state index contributed by atoms with van der Waals surface area (Å²) in [6, 6.07) is 15.6. The zero-order valence-electron chi connectivity index (χ0n) is 17.8. The largest absolute Gasteiger partial charge is 0.497 e. The van der Waals surface area contributed by atoms with Crippen LogP contribution in [-0.4, -0.2) is 30.3 Å². The van der Waals surface area contributed by atoms with Crippen molar-refractivity contribution in [3.8, 4) is 11.5 Å². The normalized spacial score (nSPS) is 10.6. The van der Waals surface area contributed by atoms with Gasteiger partial charge in [-0.05, 0) is 54.7 Å². The predicted molar refractivity (Wildman–Crippen MR) is 118 cm³/mol. The number of nitrogens with zero attached hydrogens (tertiary/aromatic N) is 1. The molecule has 0 fully saturated rings. The van der Waals surface area contributed by atoms with Crippen molar-refractivity contribution in [1.29, 1.82) is 0 Å². The maximum atomic E-state index is 12.7. The molecule has 3 aromatic rings. The van der Waals surface area contributed by atoms with Crippen LogP contribution in [0, 0.1) is 0 Å². The third-order valence-electron chi connectivity index (χ3n) is 4.99. The van der Waals surface area contributed by atoms with Gasteiger partial charge in [-0.15, -0.1) is 0 Å². The molecule has 0 saturated heterocycles. The van der Waals surface area contributed by atoms with Gasteiger partial charge in [-0.2, -0.15) is 5.10 Å². The number of carbonyl (C=O) groups excluding carboxylic acids is 1. The lowest BCUT2D eigenvalue weighted by Gasteiger charge is -2.09. The maximum absolute atomic E-state index is 12.7. The number of amides is 1. The fourth-order valence-corrected chi connectivity index (χ4v) is 3.39. The van der Waals surface area contributed by atoms with Crippen molar-refractivity contribution in [2.45, 2.75) is 39.0 Å². The van der Waals surface area contributed by atoms with Gasteiger partial charge in [0.1, 0.15) is 11.5 Å². The van der Waals surface area contributed by atoms with Gasteiger partial charge in [-0.3, -0.25) is 9.89 Å². The summed E-state index contributed by atoms with van der Waals surface area (Å²) in [7, 11) is 3.28. The average molecular weight is 408 g/mol. The molecule has 3 rings (SSSR count). The van der Waals surface area contributed by atoms with Gasteiger partial charge in [0, 0.05) is 0 Å². The van der Waals surface area contributed by atoms with Crippen molar-refractivity contribution in [1.82, 2.24) is 10.2 Å². The first kappa shape index (κ1) is 21.4. The molecule has 0 aliphatic heterocycles. The van der Waals surface area contributed by atoms with Crippen molar-refractivity contribution >= 4 is 11.6 Å². The minimum absolute atomic E-state index is 0.0623. The van der Waals surface area contributed by atoms with E-state index in [0.717, 1.165) is 59.8 Å². The highest BCUT2D eigenvalue weighted by Crippen LogP contribution is 2.23. The summed E-state index contributed by atoms with van der Waals surface area (Å²) < 4.78 is 10.5. The van der Waals surface area contributed by atoms with Crippen LogP contribution in [0.5, 0.6) is 11.5 Å². The van der Waals surface area contributed by atoms with E-state index < -0.39 is 0 Å². The number of nitrogens with one attached hydrogen (secondary N) is 2. The topological polar surface area (TPSA) is 76.2 Å². The minimum atomic E-state index is -0.0623. The second-order valence-corrected chi connectivity index (χ2v) is 7.20. The molecule has 1 heterocycles. The van der Waals surface area contributed by atoms with E-state index in [0.29, 0.717) is 0 Å². The second kappa shape index (κ2) is 10.5. The lowest BCUT2D eigenvalue weighted by atomic mass is 10.1. The van der Waals surface area contributed by atoms with Gasteiger partial charge in [0.15, 0.2) is 0 Å². The highest BCUT2D eigenvalue weighted by atomic mass is 16.5. The molecule has 2 aromatic carbocycles. The van der Waals surface area contributed by atoms with Crippen LogP contribution in [0.4, 0.5) is 5.69 Å². The molecular formula is C24H29N3O3. The number of aryl methyl sites for hydroxylation is 3. The summed E-state index contributed by atoms with van der Waals surface area (Å²) in [6.07, 6.45) is 3.66. The van der Waals surface area contributed by atoms with E-state index in [-0.39, 0.29) is 12.3 Å². The van der Waals surface area contributed by atoms with Crippen LogP contribution >= 0.6 is 0 Å². The molecule has 6 heteroatoms. The smallest absolute Gasteiger partial charge is 0.228 e. The second-order valence-electron chi connectivity index (χ2n) is 7.20. The SMILES string of the molecule is CCCc1[nH]nc(CCc2ccc(OC)cc2)c1NC(=O)Cc1cccc(OC)c1. The molecule has 0 atom stereocenters. The molecule has 0 aliphatic carbocycles. The first-order valence-corrected chi connectivity index (χ1v) is 10.2. The van der Waals surface area contributed by atoms with Crippen molar-refractivity contribution in [2.24, 2.45) is 0 Å². The first-order valence-electron chi connectivity index (χ1n) is 10.2. The number of anilines is 1. The summed E-state index contributed by atoms with van der Waals surface area (Å²) in [5.74, 6) is 1.53. The van der Waals surface area contributed by atoms with Crippen molar-refractivity contribution in [2.75, 3.05) is 19.5 Å². The third kappa shape index (κ3) is 5.63. The fourth-order valence-electron chi connectivity index (χ4n) is 3.39. The Morgan fingerprint density at radius 1 is 0.967 bits per heavy atom. The molecule has 0 saturated carbocycles. The van der Waals surface area contributed by atoms with Gasteiger partial charge in [-0.25, -0.2) is 0 Å². The Kier molecular flexibility index (Phi) is 7.49. The highest BCUT2D eigenvalue weighted by molar-refractivity contribution is 5.93. The maximum Gasteiger partial charge on any atom is 0.228 e. The van der Waals surface area contributed by atoms with Crippen molar-refractivity contribution in [3.05, 3.63) is 71.0 Å². The molecule has 6 nitrogen and oxygen atoms in total. The van der Waals surface area contributed by atoms with Gasteiger partial charge in [-0.1, -0.05) is 37.6 Å². The van der Waals surface area contributed by atoms with E-state index in [9.17, 15) is 4.79 Å². The molecule has 0 radical (unpaired) electrons. The van der Waals surface area contributed by atoms with E-state index in [1.165, 1.54) is 5.56 Å².